The van der Waals surface area contributed by atoms with Gasteiger partial charge in [-0.25, -0.2) is 4.79 Å². The van der Waals surface area contributed by atoms with Gasteiger partial charge in [-0.1, -0.05) is 55.8 Å². The van der Waals surface area contributed by atoms with E-state index >= 15 is 0 Å². The highest BCUT2D eigenvalue weighted by Gasteiger charge is 2.29. The van der Waals surface area contributed by atoms with Gasteiger partial charge in [0.25, 0.3) is 5.91 Å². The molecule has 0 radical (unpaired) electrons. The first kappa shape index (κ1) is 29.9. The van der Waals surface area contributed by atoms with Crippen LogP contribution in [0.15, 0.2) is 66.7 Å². The number of hydrogen-bond donors (Lipinski definition) is 2. The predicted octanol–water partition coefficient (Wildman–Crippen LogP) is 7.64. The number of aryl methyl sites for hydroxylation is 2. The van der Waals surface area contributed by atoms with Crippen LogP contribution in [0.3, 0.4) is 0 Å². The molecule has 6 nitrogen and oxygen atoms in total. The van der Waals surface area contributed by atoms with Gasteiger partial charge in [-0.05, 0) is 100 Å². The lowest BCUT2D eigenvalue weighted by Gasteiger charge is -2.21. The Morgan fingerprint density at radius 2 is 1.73 bits per heavy atom. The van der Waals surface area contributed by atoms with Crippen molar-refractivity contribution >= 4 is 22.8 Å². The van der Waals surface area contributed by atoms with Gasteiger partial charge in [0, 0.05) is 28.7 Å². The maximum Gasteiger partial charge on any atom is 0.347 e. The Morgan fingerprint density at radius 3 is 2.44 bits per heavy atom. The Balaban J connectivity index is 1.57. The molecule has 0 fully saturated rings. The molecule has 0 aliphatic rings. The second-order valence-corrected chi connectivity index (χ2v) is 11.3. The van der Waals surface area contributed by atoms with Gasteiger partial charge in [0.05, 0.1) is 6.04 Å². The lowest BCUT2D eigenvalue weighted by molar-refractivity contribution is -0.152. The molecule has 0 unspecified atom stereocenters. The summed E-state index contributed by atoms with van der Waals surface area (Å²) < 4.78 is 8.01. The molecule has 4 aromatic rings. The molecule has 0 aliphatic carbocycles. The van der Waals surface area contributed by atoms with E-state index in [9.17, 15) is 14.7 Å². The Morgan fingerprint density at radius 1 is 1.00 bits per heavy atom. The number of ether oxygens (including phenoxy) is 1. The molecule has 0 aliphatic heterocycles. The minimum atomic E-state index is -1.32. The minimum Gasteiger partial charge on any atom is -0.478 e. The Labute approximate surface area is 243 Å². The van der Waals surface area contributed by atoms with E-state index in [2.05, 4.69) is 54.9 Å². The summed E-state index contributed by atoms with van der Waals surface area (Å²) >= 11 is 0. The Bertz CT molecular complexity index is 1550. The molecule has 1 aromatic heterocycles. The minimum absolute atomic E-state index is 0.0905. The van der Waals surface area contributed by atoms with Gasteiger partial charge in [-0.15, -0.1) is 0 Å². The van der Waals surface area contributed by atoms with E-state index in [1.54, 1.807) is 19.9 Å². The molecule has 4 rings (SSSR count). The highest BCUT2D eigenvalue weighted by molar-refractivity contribution is 5.99. The lowest BCUT2D eigenvalue weighted by atomic mass is 10.00. The molecule has 2 N–H and O–H groups in total. The van der Waals surface area contributed by atoms with Gasteiger partial charge < -0.3 is 19.7 Å². The summed E-state index contributed by atoms with van der Waals surface area (Å²) in [4.78, 5) is 24.9. The highest BCUT2D eigenvalue weighted by Crippen LogP contribution is 2.31. The van der Waals surface area contributed by atoms with Crippen molar-refractivity contribution in [1.82, 2.24) is 9.88 Å². The summed E-state index contributed by atoms with van der Waals surface area (Å²) in [6.45, 7) is 12.3. The Kier molecular flexibility index (Phi) is 9.21. The molecule has 0 bridgehead atoms. The molecule has 1 atom stereocenters. The third-order valence-corrected chi connectivity index (χ3v) is 7.82. The molecule has 1 heterocycles. The zero-order valence-corrected chi connectivity index (χ0v) is 25.1. The summed E-state index contributed by atoms with van der Waals surface area (Å²) in [6.07, 6.45) is 4.03. The number of benzene rings is 3. The average molecular weight is 555 g/mol. The van der Waals surface area contributed by atoms with Crippen molar-refractivity contribution in [2.45, 2.75) is 85.4 Å². The number of aromatic nitrogens is 1. The topological polar surface area (TPSA) is 80.6 Å². The van der Waals surface area contributed by atoms with Gasteiger partial charge in [0.1, 0.15) is 5.75 Å². The van der Waals surface area contributed by atoms with Gasteiger partial charge >= 0.3 is 5.97 Å². The summed E-state index contributed by atoms with van der Waals surface area (Å²) in [5.74, 6) is -0.581. The smallest absolute Gasteiger partial charge is 0.347 e. The third kappa shape index (κ3) is 6.82. The fourth-order valence-electron chi connectivity index (χ4n) is 5.34. The zero-order valence-electron chi connectivity index (χ0n) is 25.1. The van der Waals surface area contributed by atoms with Crippen LogP contribution in [0.25, 0.3) is 10.9 Å². The number of nitrogens with zero attached hydrogens (tertiary/aromatic N) is 1. The van der Waals surface area contributed by atoms with Crippen molar-refractivity contribution < 1.29 is 19.4 Å². The van der Waals surface area contributed by atoms with E-state index in [0.29, 0.717) is 17.7 Å². The summed E-state index contributed by atoms with van der Waals surface area (Å²) in [7, 11) is 0. The molecule has 0 saturated heterocycles. The SMILES string of the molecule is CCCCc1cccc([C@H](C)NC(=O)c2ccc3c(Cc4cccc(OC(C)(C)C(=O)O)c4)c(C)n(CC)c3c2)c1. The molecular formula is C35H42N2O4. The Hall–Kier alpha value is -4.06. The number of fused-ring (bicyclic) bond motifs is 1. The van der Waals surface area contributed by atoms with Crippen LogP contribution in [0, 0.1) is 6.92 Å². The number of hydrogen-bond acceptors (Lipinski definition) is 3. The highest BCUT2D eigenvalue weighted by atomic mass is 16.5. The van der Waals surface area contributed by atoms with Crippen molar-refractivity contribution in [2.75, 3.05) is 0 Å². The standard InChI is InChI=1S/C35H42N2O4/c1-7-9-12-25-13-10-15-27(19-25)23(3)36-33(38)28-17-18-30-31(24(4)37(8-2)32(30)22-28)21-26-14-11-16-29(20-26)41-35(5,6)34(39)40/h10-11,13-20,22-23H,7-9,12,21H2,1-6H3,(H,36,38)(H,39,40)/t23-/m0/s1. The fraction of sp³-hybridized carbons (Fsp3) is 0.371. The third-order valence-electron chi connectivity index (χ3n) is 7.82. The van der Waals surface area contributed by atoms with Crippen LogP contribution in [0.2, 0.25) is 0 Å². The van der Waals surface area contributed by atoms with E-state index < -0.39 is 11.6 Å². The number of nitrogens with one attached hydrogen (secondary N) is 1. The van der Waals surface area contributed by atoms with Crippen molar-refractivity contribution in [3.63, 3.8) is 0 Å². The van der Waals surface area contributed by atoms with Gasteiger partial charge in [0.15, 0.2) is 5.60 Å². The average Bonchev–Trinajstić information content (AvgIpc) is 3.21. The lowest BCUT2D eigenvalue weighted by Crippen LogP contribution is -2.37. The van der Waals surface area contributed by atoms with Crippen LogP contribution < -0.4 is 10.1 Å². The van der Waals surface area contributed by atoms with E-state index in [0.717, 1.165) is 53.5 Å². The van der Waals surface area contributed by atoms with E-state index in [-0.39, 0.29) is 11.9 Å². The van der Waals surface area contributed by atoms with Crippen LogP contribution in [-0.2, 0) is 24.2 Å². The molecule has 0 saturated carbocycles. The summed E-state index contributed by atoms with van der Waals surface area (Å²) in [5.41, 5.74) is 6.12. The normalized spacial score (nSPS) is 12.3. The number of carboxylic acids is 1. The van der Waals surface area contributed by atoms with Crippen LogP contribution in [0.4, 0.5) is 0 Å². The maximum absolute atomic E-state index is 13.3. The number of rotatable bonds is 12. The zero-order chi connectivity index (χ0) is 29.7. The van der Waals surface area contributed by atoms with Crippen LogP contribution in [-0.4, -0.2) is 27.2 Å². The first-order valence-corrected chi connectivity index (χ1v) is 14.6. The van der Waals surface area contributed by atoms with Gasteiger partial charge in [0.2, 0.25) is 0 Å². The number of carbonyl (C=O) groups excluding carboxylic acids is 1. The summed E-state index contributed by atoms with van der Waals surface area (Å²) in [5, 5.41) is 13.7. The quantitative estimate of drug-likeness (QED) is 0.189. The molecule has 41 heavy (non-hydrogen) atoms. The number of carboxylic acid groups (broad SMARTS) is 1. The van der Waals surface area contributed by atoms with Crippen LogP contribution in [0.5, 0.6) is 5.75 Å². The molecule has 216 valence electrons. The second kappa shape index (κ2) is 12.6. The monoisotopic (exact) mass is 554 g/mol. The van der Waals surface area contributed by atoms with Crippen molar-refractivity contribution in [3.05, 3.63) is 100 Å². The van der Waals surface area contributed by atoms with Crippen molar-refractivity contribution in [1.29, 1.82) is 0 Å². The van der Waals surface area contributed by atoms with E-state index in [4.69, 9.17) is 4.74 Å². The number of amides is 1. The molecule has 3 aromatic carbocycles. The van der Waals surface area contributed by atoms with Crippen molar-refractivity contribution in [3.8, 4) is 5.75 Å². The van der Waals surface area contributed by atoms with E-state index in [1.807, 2.05) is 43.3 Å². The summed E-state index contributed by atoms with van der Waals surface area (Å²) in [6, 6.07) is 21.9. The first-order valence-electron chi connectivity index (χ1n) is 14.6. The number of unbranched alkanes of at least 4 members (excludes halogenated alkanes) is 1. The number of aliphatic carboxylic acids is 1. The van der Waals surface area contributed by atoms with E-state index in [1.165, 1.54) is 11.1 Å². The largest absolute Gasteiger partial charge is 0.478 e. The first-order chi connectivity index (χ1) is 19.5. The number of carbonyl (C=O) groups is 2. The molecule has 1 amide bonds. The van der Waals surface area contributed by atoms with Gasteiger partial charge in [-0.2, -0.15) is 0 Å². The predicted molar refractivity (Wildman–Crippen MR) is 165 cm³/mol. The van der Waals surface area contributed by atoms with Gasteiger partial charge in [-0.3, -0.25) is 4.79 Å². The van der Waals surface area contributed by atoms with Crippen LogP contribution >= 0.6 is 0 Å². The van der Waals surface area contributed by atoms with Crippen molar-refractivity contribution in [2.24, 2.45) is 0 Å². The molecule has 0 spiro atoms. The fourth-order valence-corrected chi connectivity index (χ4v) is 5.34. The van der Waals surface area contributed by atoms with Crippen LogP contribution in [0.1, 0.15) is 91.8 Å². The maximum atomic E-state index is 13.3. The second-order valence-electron chi connectivity index (χ2n) is 11.3. The molecule has 6 heteroatoms. The molecular weight excluding hydrogens is 512 g/mol.